The quantitative estimate of drug-likeness (QED) is 0.303. The van der Waals surface area contributed by atoms with Gasteiger partial charge in [0.25, 0.3) is 0 Å². The van der Waals surface area contributed by atoms with E-state index in [1.54, 1.807) is 39.0 Å². The molecule has 1 atom stereocenters. The Morgan fingerprint density at radius 2 is 1.47 bits per heavy atom. The highest BCUT2D eigenvalue weighted by Gasteiger charge is 2.35. The summed E-state index contributed by atoms with van der Waals surface area (Å²) in [5.41, 5.74) is 4.70. The van der Waals surface area contributed by atoms with Crippen LogP contribution in [0.2, 0.25) is 5.02 Å². The van der Waals surface area contributed by atoms with Crippen LogP contribution in [0.25, 0.3) is 0 Å². The number of hydrogen-bond donors (Lipinski definition) is 3. The predicted molar refractivity (Wildman–Crippen MR) is 126 cm³/mol. The van der Waals surface area contributed by atoms with E-state index < -0.39 is 11.9 Å². The summed E-state index contributed by atoms with van der Waals surface area (Å²) in [5.74, 6) is -0.418. The molecule has 0 amide bonds. The van der Waals surface area contributed by atoms with Crippen molar-refractivity contribution in [2.45, 2.75) is 47.5 Å². The van der Waals surface area contributed by atoms with Crippen LogP contribution in [0.4, 0.5) is 0 Å². The van der Waals surface area contributed by atoms with E-state index in [1.165, 1.54) is 6.07 Å². The van der Waals surface area contributed by atoms with Crippen molar-refractivity contribution < 1.29 is 24.9 Å². The van der Waals surface area contributed by atoms with Crippen LogP contribution in [0, 0.1) is 27.7 Å². The van der Waals surface area contributed by atoms with E-state index in [4.69, 9.17) is 16.3 Å². The highest BCUT2D eigenvalue weighted by atomic mass is 35.5. The molecule has 0 radical (unpaired) electrons. The lowest BCUT2D eigenvalue weighted by Gasteiger charge is -2.32. The lowest BCUT2D eigenvalue weighted by atomic mass is 9.78. The zero-order valence-corrected chi connectivity index (χ0v) is 19.8. The lowest BCUT2D eigenvalue weighted by Crippen LogP contribution is -2.17. The van der Waals surface area contributed by atoms with Crippen LogP contribution in [0.3, 0.4) is 0 Å². The molecule has 3 aromatic rings. The number of aromatic carboxylic acids is 1. The van der Waals surface area contributed by atoms with Crippen LogP contribution in [-0.4, -0.2) is 21.3 Å². The van der Waals surface area contributed by atoms with Gasteiger partial charge in [-0.05, 0) is 62.6 Å². The zero-order chi connectivity index (χ0) is 23.9. The van der Waals surface area contributed by atoms with Crippen molar-refractivity contribution in [2.75, 3.05) is 0 Å². The second-order valence-corrected chi connectivity index (χ2v) is 8.15. The number of carboxylic acid groups (broad SMARTS) is 1. The average Bonchev–Trinajstić information content (AvgIpc) is 2.77. The summed E-state index contributed by atoms with van der Waals surface area (Å²) in [6.45, 7) is 11.1. The Bertz CT molecular complexity index is 1230. The third-order valence-corrected chi connectivity index (χ3v) is 6.22. The van der Waals surface area contributed by atoms with E-state index in [0.717, 1.165) is 16.7 Å². The van der Waals surface area contributed by atoms with Crippen LogP contribution in [-0.2, 0) is 0 Å². The van der Waals surface area contributed by atoms with Gasteiger partial charge >= 0.3 is 5.97 Å². The van der Waals surface area contributed by atoms with Crippen molar-refractivity contribution >= 4 is 17.6 Å². The Hall–Kier alpha value is -3.18. The van der Waals surface area contributed by atoms with Crippen molar-refractivity contribution in [1.29, 1.82) is 0 Å². The van der Waals surface area contributed by atoms with Gasteiger partial charge in [0.15, 0.2) is 0 Å². The van der Waals surface area contributed by atoms with Crippen LogP contribution >= 0.6 is 11.6 Å². The molecule has 0 spiro atoms. The summed E-state index contributed by atoms with van der Waals surface area (Å²) < 4.78 is 6.17. The number of rotatable bonds is 2. The Morgan fingerprint density at radius 3 is 2.09 bits per heavy atom. The standard InChI is InChI=1S/C24H21ClO5.C2H6/c1-10-7-15(16(24(28)29)9-18(10)25)20-14-5-6-19(26)12(3)22(14)30-23-13(4)21(27)11(2)8-17(20)23;1-2/h5-9,20,26-27H,1-4H3,(H,28,29);1-2H3. The molecule has 32 heavy (non-hydrogen) atoms. The molecule has 3 aromatic carbocycles. The number of carbonyl (C=O) groups is 1. The molecule has 4 rings (SSSR count). The monoisotopic (exact) mass is 454 g/mol. The average molecular weight is 455 g/mol. The van der Waals surface area contributed by atoms with E-state index in [0.29, 0.717) is 38.8 Å². The maximum Gasteiger partial charge on any atom is 0.336 e. The number of carboxylic acids is 1. The molecule has 1 aliphatic heterocycles. The molecular weight excluding hydrogens is 428 g/mol. The molecule has 0 saturated heterocycles. The molecule has 1 heterocycles. The Labute approximate surface area is 192 Å². The molecule has 0 saturated carbocycles. The highest BCUT2D eigenvalue weighted by molar-refractivity contribution is 6.31. The maximum atomic E-state index is 12.1. The Kier molecular flexibility index (Phi) is 6.42. The van der Waals surface area contributed by atoms with E-state index >= 15 is 0 Å². The minimum atomic E-state index is -1.08. The minimum absolute atomic E-state index is 0.0793. The normalized spacial score (nSPS) is 13.9. The maximum absolute atomic E-state index is 12.1. The van der Waals surface area contributed by atoms with Gasteiger partial charge < -0.3 is 20.1 Å². The van der Waals surface area contributed by atoms with Gasteiger partial charge in [0, 0.05) is 33.2 Å². The van der Waals surface area contributed by atoms with Crippen molar-refractivity contribution in [2.24, 2.45) is 0 Å². The third-order valence-electron chi connectivity index (χ3n) is 5.81. The number of aryl methyl sites for hydroxylation is 2. The number of halogens is 1. The van der Waals surface area contributed by atoms with E-state index in [-0.39, 0.29) is 17.1 Å². The lowest BCUT2D eigenvalue weighted by molar-refractivity contribution is 0.0695. The molecule has 0 aromatic heterocycles. The van der Waals surface area contributed by atoms with Gasteiger partial charge in [0.05, 0.1) is 5.56 Å². The number of ether oxygens (including phenoxy) is 1. The molecule has 3 N–H and O–H groups in total. The van der Waals surface area contributed by atoms with Gasteiger partial charge in [-0.3, -0.25) is 0 Å². The van der Waals surface area contributed by atoms with E-state index in [9.17, 15) is 20.1 Å². The van der Waals surface area contributed by atoms with Crippen molar-refractivity contribution in [3.05, 3.63) is 79.9 Å². The van der Waals surface area contributed by atoms with Gasteiger partial charge in [0.1, 0.15) is 23.0 Å². The first-order valence-corrected chi connectivity index (χ1v) is 10.9. The first-order valence-electron chi connectivity index (χ1n) is 10.5. The van der Waals surface area contributed by atoms with Crippen LogP contribution in [0.1, 0.15) is 69.1 Å². The van der Waals surface area contributed by atoms with Gasteiger partial charge in [-0.1, -0.05) is 37.6 Å². The summed E-state index contributed by atoms with van der Waals surface area (Å²) in [7, 11) is 0. The van der Waals surface area contributed by atoms with Crippen LogP contribution < -0.4 is 4.74 Å². The van der Waals surface area contributed by atoms with Gasteiger partial charge in [-0.25, -0.2) is 4.79 Å². The predicted octanol–water partition coefficient (Wildman–Crippen LogP) is 7.00. The fourth-order valence-corrected chi connectivity index (χ4v) is 4.30. The first kappa shape index (κ1) is 23.5. The number of fused-ring (bicyclic) bond motifs is 2. The molecule has 1 unspecified atom stereocenters. The minimum Gasteiger partial charge on any atom is -0.508 e. The van der Waals surface area contributed by atoms with Crippen molar-refractivity contribution in [3.63, 3.8) is 0 Å². The molecule has 5 nitrogen and oxygen atoms in total. The number of hydrogen-bond acceptors (Lipinski definition) is 4. The molecule has 6 heteroatoms. The summed E-state index contributed by atoms with van der Waals surface area (Å²) in [5, 5.41) is 31.0. The van der Waals surface area contributed by atoms with Crippen LogP contribution in [0.15, 0.2) is 30.3 Å². The Balaban J connectivity index is 0.00000141. The highest BCUT2D eigenvalue weighted by Crippen LogP contribution is 2.53. The first-order chi connectivity index (χ1) is 15.1. The number of benzene rings is 3. The van der Waals surface area contributed by atoms with Crippen LogP contribution in [0.5, 0.6) is 23.0 Å². The van der Waals surface area contributed by atoms with Gasteiger partial charge in [-0.2, -0.15) is 0 Å². The largest absolute Gasteiger partial charge is 0.508 e. The Morgan fingerprint density at radius 1 is 0.875 bits per heavy atom. The number of aromatic hydroxyl groups is 2. The van der Waals surface area contributed by atoms with Gasteiger partial charge in [0.2, 0.25) is 0 Å². The van der Waals surface area contributed by atoms with Gasteiger partial charge in [-0.15, -0.1) is 0 Å². The fraction of sp³-hybridized carbons (Fsp3) is 0.269. The van der Waals surface area contributed by atoms with E-state index in [2.05, 4.69) is 0 Å². The summed E-state index contributed by atoms with van der Waals surface area (Å²) in [4.78, 5) is 12.1. The topological polar surface area (TPSA) is 87.0 Å². The molecule has 1 aliphatic rings. The smallest absolute Gasteiger partial charge is 0.336 e. The summed E-state index contributed by atoms with van der Waals surface area (Å²) in [6.07, 6.45) is 0. The molecule has 0 aliphatic carbocycles. The molecule has 0 bridgehead atoms. The summed E-state index contributed by atoms with van der Waals surface area (Å²) in [6, 6.07) is 8.41. The third kappa shape index (κ3) is 3.67. The molecule has 168 valence electrons. The second kappa shape index (κ2) is 8.75. The van der Waals surface area contributed by atoms with Crippen molar-refractivity contribution in [1.82, 2.24) is 0 Å². The number of phenols is 2. The SMILES string of the molecule is CC.Cc1cc(C2c3ccc(O)c(C)c3Oc3c2cc(C)c(O)c3C)c(C(=O)O)cc1Cl. The second-order valence-electron chi connectivity index (χ2n) is 7.74. The molecular formula is C26H27ClO5. The fourth-order valence-electron chi connectivity index (χ4n) is 4.13. The summed E-state index contributed by atoms with van der Waals surface area (Å²) >= 11 is 6.23. The van der Waals surface area contributed by atoms with Crippen molar-refractivity contribution in [3.8, 4) is 23.0 Å². The van der Waals surface area contributed by atoms with E-state index in [1.807, 2.05) is 26.8 Å². The zero-order valence-electron chi connectivity index (χ0n) is 19.0. The number of phenolic OH excluding ortho intramolecular Hbond substituents is 2. The molecule has 0 fully saturated rings.